The van der Waals surface area contributed by atoms with E-state index in [2.05, 4.69) is 31.4 Å². The molecule has 1 heterocycles. The third-order valence-corrected chi connectivity index (χ3v) is 3.45. The normalized spacial score (nSPS) is 27.2. The van der Waals surface area contributed by atoms with Crippen LogP contribution in [0.3, 0.4) is 0 Å². The van der Waals surface area contributed by atoms with Crippen LogP contribution in [0.4, 0.5) is 0 Å². The van der Waals surface area contributed by atoms with Crippen molar-refractivity contribution in [2.24, 2.45) is 5.73 Å². The Morgan fingerprint density at radius 1 is 1.58 bits per heavy atom. The second-order valence-electron chi connectivity index (χ2n) is 3.68. The van der Waals surface area contributed by atoms with Crippen LogP contribution in [0.2, 0.25) is 0 Å². The van der Waals surface area contributed by atoms with Crippen LogP contribution in [0, 0.1) is 6.92 Å². The number of rotatable bonds is 0. The zero-order valence-corrected chi connectivity index (χ0v) is 8.24. The Labute approximate surface area is 76.9 Å². The molecule has 0 aliphatic heterocycles. The fourth-order valence-corrected chi connectivity index (χ4v) is 2.94. The molecule has 1 nitrogen and oxygen atoms in total. The molecular formula is C10H13NS. The van der Waals surface area contributed by atoms with Crippen LogP contribution in [0.15, 0.2) is 11.5 Å². The van der Waals surface area contributed by atoms with E-state index in [-0.39, 0.29) is 5.54 Å². The van der Waals surface area contributed by atoms with Crippen molar-refractivity contribution in [1.29, 1.82) is 0 Å². The molecule has 1 aliphatic carbocycles. The largest absolute Gasteiger partial charge is 0.321 e. The van der Waals surface area contributed by atoms with Gasteiger partial charge in [0.2, 0.25) is 0 Å². The van der Waals surface area contributed by atoms with Crippen molar-refractivity contribution in [1.82, 2.24) is 0 Å². The lowest BCUT2D eigenvalue weighted by molar-refractivity contribution is 0.497. The average Bonchev–Trinajstić information content (AvgIpc) is 2.32. The molecule has 2 rings (SSSR count). The topological polar surface area (TPSA) is 26.0 Å². The molecule has 64 valence electrons. The van der Waals surface area contributed by atoms with Gasteiger partial charge >= 0.3 is 0 Å². The van der Waals surface area contributed by atoms with E-state index in [1.807, 2.05) is 0 Å². The first-order chi connectivity index (χ1) is 5.61. The lowest BCUT2D eigenvalue weighted by Gasteiger charge is -2.27. The summed E-state index contributed by atoms with van der Waals surface area (Å²) in [4.78, 5) is 1.34. The van der Waals surface area contributed by atoms with Gasteiger partial charge in [-0.2, -0.15) is 0 Å². The van der Waals surface area contributed by atoms with Crippen LogP contribution >= 0.6 is 11.3 Å². The fourth-order valence-electron chi connectivity index (χ4n) is 1.83. The van der Waals surface area contributed by atoms with Gasteiger partial charge in [-0.1, -0.05) is 6.08 Å². The average molecular weight is 179 g/mol. The lowest BCUT2D eigenvalue weighted by Crippen LogP contribution is -2.34. The minimum atomic E-state index is -0.145. The van der Waals surface area contributed by atoms with Crippen LogP contribution < -0.4 is 5.73 Å². The summed E-state index contributed by atoms with van der Waals surface area (Å²) in [5, 5.41) is 2.19. The van der Waals surface area contributed by atoms with Crippen molar-refractivity contribution in [3.8, 4) is 0 Å². The van der Waals surface area contributed by atoms with E-state index in [0.29, 0.717) is 0 Å². The number of thiophene rings is 1. The Hall–Kier alpha value is -0.600. The third kappa shape index (κ3) is 1.03. The molecule has 1 aromatic rings. The zero-order valence-electron chi connectivity index (χ0n) is 7.42. The number of hydrogen-bond donors (Lipinski definition) is 1. The first-order valence-electron chi connectivity index (χ1n) is 4.15. The highest BCUT2D eigenvalue weighted by Gasteiger charge is 2.27. The first-order valence-corrected chi connectivity index (χ1v) is 5.03. The summed E-state index contributed by atoms with van der Waals surface area (Å²) in [5.74, 6) is 0. The fraction of sp³-hybridized carbons (Fsp3) is 0.400. The number of fused-ring (bicyclic) bond motifs is 1. The number of aryl methyl sites for hydroxylation is 1. The predicted octanol–water partition coefficient (Wildman–Crippen LogP) is 2.65. The van der Waals surface area contributed by atoms with Gasteiger partial charge in [0.1, 0.15) is 0 Å². The standard InChI is InChI=1S/C10H13NS/c1-7-6-12-8-4-3-5-10(2,11)9(7)8/h3-4,6H,5,11H2,1-2H3. The molecule has 0 saturated carbocycles. The van der Waals surface area contributed by atoms with E-state index in [4.69, 9.17) is 5.73 Å². The zero-order chi connectivity index (χ0) is 8.77. The molecule has 0 aromatic carbocycles. The molecule has 1 atom stereocenters. The molecule has 0 amide bonds. The molecular weight excluding hydrogens is 166 g/mol. The summed E-state index contributed by atoms with van der Waals surface area (Å²) in [6, 6.07) is 0. The summed E-state index contributed by atoms with van der Waals surface area (Å²) in [6.45, 7) is 4.24. The van der Waals surface area contributed by atoms with Gasteiger partial charge in [0.05, 0.1) is 0 Å². The Balaban J connectivity index is 2.64. The predicted molar refractivity (Wildman–Crippen MR) is 54.2 cm³/mol. The summed E-state index contributed by atoms with van der Waals surface area (Å²) >= 11 is 1.79. The molecule has 2 heteroatoms. The van der Waals surface area contributed by atoms with Gasteiger partial charge in [0.15, 0.2) is 0 Å². The van der Waals surface area contributed by atoms with Crippen molar-refractivity contribution < 1.29 is 0 Å². The van der Waals surface area contributed by atoms with Crippen molar-refractivity contribution in [2.75, 3.05) is 0 Å². The third-order valence-electron chi connectivity index (χ3n) is 2.39. The first kappa shape index (κ1) is 8.02. The van der Waals surface area contributed by atoms with Gasteiger partial charge in [-0.05, 0) is 42.9 Å². The Morgan fingerprint density at radius 3 is 3.00 bits per heavy atom. The van der Waals surface area contributed by atoms with Gasteiger partial charge in [-0.15, -0.1) is 11.3 Å². The van der Waals surface area contributed by atoms with E-state index in [0.717, 1.165) is 6.42 Å². The van der Waals surface area contributed by atoms with Crippen molar-refractivity contribution in [3.63, 3.8) is 0 Å². The van der Waals surface area contributed by atoms with E-state index in [1.165, 1.54) is 16.0 Å². The number of hydrogen-bond acceptors (Lipinski definition) is 2. The van der Waals surface area contributed by atoms with Crippen LogP contribution in [0.25, 0.3) is 6.08 Å². The lowest BCUT2D eigenvalue weighted by atomic mass is 9.84. The maximum absolute atomic E-state index is 6.19. The van der Waals surface area contributed by atoms with Gasteiger partial charge < -0.3 is 5.73 Å². The van der Waals surface area contributed by atoms with E-state index in [9.17, 15) is 0 Å². The highest BCUT2D eigenvalue weighted by Crippen LogP contribution is 2.37. The van der Waals surface area contributed by atoms with E-state index >= 15 is 0 Å². The molecule has 0 saturated heterocycles. The molecule has 12 heavy (non-hydrogen) atoms. The minimum Gasteiger partial charge on any atom is -0.321 e. The van der Waals surface area contributed by atoms with E-state index < -0.39 is 0 Å². The summed E-state index contributed by atoms with van der Waals surface area (Å²) in [7, 11) is 0. The van der Waals surface area contributed by atoms with Gasteiger partial charge in [-0.3, -0.25) is 0 Å². The Morgan fingerprint density at radius 2 is 2.33 bits per heavy atom. The monoisotopic (exact) mass is 179 g/mol. The molecule has 1 aliphatic rings. The Bertz CT molecular complexity index is 334. The quantitative estimate of drug-likeness (QED) is 0.651. The SMILES string of the molecule is Cc1csc2c1C(C)(N)CC=C2. The van der Waals surface area contributed by atoms with Crippen molar-refractivity contribution in [2.45, 2.75) is 25.8 Å². The molecule has 0 bridgehead atoms. The van der Waals surface area contributed by atoms with Crippen molar-refractivity contribution in [3.05, 3.63) is 27.5 Å². The smallest absolute Gasteiger partial charge is 0.0433 e. The van der Waals surface area contributed by atoms with Crippen molar-refractivity contribution >= 4 is 17.4 Å². The number of nitrogens with two attached hydrogens (primary N) is 1. The summed E-state index contributed by atoms with van der Waals surface area (Å²) in [5.41, 5.74) is 8.73. The van der Waals surface area contributed by atoms with Crippen LogP contribution in [-0.2, 0) is 5.54 Å². The molecule has 1 aromatic heterocycles. The van der Waals surface area contributed by atoms with Gasteiger partial charge in [0, 0.05) is 10.4 Å². The van der Waals surface area contributed by atoms with E-state index in [1.54, 1.807) is 11.3 Å². The van der Waals surface area contributed by atoms with Gasteiger partial charge in [-0.25, -0.2) is 0 Å². The second-order valence-corrected chi connectivity index (χ2v) is 4.59. The minimum absolute atomic E-state index is 0.145. The highest BCUT2D eigenvalue weighted by molar-refractivity contribution is 7.11. The van der Waals surface area contributed by atoms with Crippen LogP contribution in [-0.4, -0.2) is 0 Å². The Kier molecular flexibility index (Phi) is 1.63. The maximum Gasteiger partial charge on any atom is 0.0433 e. The molecule has 0 radical (unpaired) electrons. The summed E-state index contributed by atoms with van der Waals surface area (Å²) in [6.07, 6.45) is 5.30. The maximum atomic E-state index is 6.19. The second kappa shape index (κ2) is 2.44. The van der Waals surface area contributed by atoms with Crippen LogP contribution in [0.5, 0.6) is 0 Å². The van der Waals surface area contributed by atoms with Gasteiger partial charge in [0.25, 0.3) is 0 Å². The molecule has 2 N–H and O–H groups in total. The molecule has 1 unspecified atom stereocenters. The van der Waals surface area contributed by atoms with Crippen LogP contribution in [0.1, 0.15) is 29.3 Å². The highest BCUT2D eigenvalue weighted by atomic mass is 32.1. The molecule has 0 fully saturated rings. The summed E-state index contributed by atoms with van der Waals surface area (Å²) < 4.78 is 0. The molecule has 0 spiro atoms.